The Labute approximate surface area is 178 Å². The number of hydrogen-bond donors (Lipinski definition) is 2. The summed E-state index contributed by atoms with van der Waals surface area (Å²) in [5.41, 5.74) is 6.27. The van der Waals surface area contributed by atoms with Crippen LogP contribution in [0.3, 0.4) is 0 Å². The quantitative estimate of drug-likeness (QED) is 0.522. The van der Waals surface area contributed by atoms with Gasteiger partial charge in [0.15, 0.2) is 16.6 Å². The van der Waals surface area contributed by atoms with Gasteiger partial charge in [-0.2, -0.15) is 0 Å². The van der Waals surface area contributed by atoms with Gasteiger partial charge in [0.05, 0.1) is 31.3 Å². The van der Waals surface area contributed by atoms with Crippen LogP contribution in [-0.2, 0) is 10.5 Å². The maximum absolute atomic E-state index is 12.7. The summed E-state index contributed by atoms with van der Waals surface area (Å²) in [7, 11) is 0. The first-order valence-electron chi connectivity index (χ1n) is 9.16. The van der Waals surface area contributed by atoms with Gasteiger partial charge in [0, 0.05) is 16.7 Å². The summed E-state index contributed by atoms with van der Waals surface area (Å²) in [5, 5.41) is 5.08. The van der Waals surface area contributed by atoms with E-state index in [4.69, 9.17) is 19.9 Å². The summed E-state index contributed by atoms with van der Waals surface area (Å²) < 4.78 is 17.0. The number of hydrogen-bond acceptors (Lipinski definition) is 8. The number of amides is 2. The third-order valence-electron chi connectivity index (χ3n) is 3.44. The Morgan fingerprint density at radius 1 is 1.10 bits per heavy atom. The smallest absolute Gasteiger partial charge is 0.257 e. The summed E-state index contributed by atoms with van der Waals surface area (Å²) in [6.45, 7) is 6.88. The van der Waals surface area contributed by atoms with Gasteiger partial charge in [-0.1, -0.05) is 0 Å². The third kappa shape index (κ3) is 6.82. The molecule has 158 valence electrons. The average Bonchev–Trinajstić information content (AvgIpc) is 3.11. The molecule has 8 nitrogen and oxygen atoms in total. The number of nitrogens with one attached hydrogen (secondary N) is 1. The highest BCUT2D eigenvalue weighted by Crippen LogP contribution is 2.39. The van der Waals surface area contributed by atoms with Gasteiger partial charge in [0.1, 0.15) is 0 Å². The minimum Gasteiger partial charge on any atom is -0.490 e. The van der Waals surface area contributed by atoms with Gasteiger partial charge in [0.25, 0.3) is 5.91 Å². The molecule has 0 bridgehead atoms. The summed E-state index contributed by atoms with van der Waals surface area (Å²) >= 11 is 2.69. The van der Waals surface area contributed by atoms with E-state index < -0.39 is 0 Å². The van der Waals surface area contributed by atoms with Crippen molar-refractivity contribution in [1.29, 1.82) is 0 Å². The molecule has 0 aliphatic carbocycles. The number of anilines is 1. The van der Waals surface area contributed by atoms with E-state index in [0.29, 0.717) is 53.5 Å². The number of rotatable bonds is 12. The highest BCUT2D eigenvalue weighted by atomic mass is 32.2. The standard InChI is InChI=1S/C19H25N3O5S2/c1-4-25-14-7-12(8-15(26-5-2)17(14)27-6-3)18(24)22-19-21-13(10-29-19)9-28-11-16(20)23/h7-8,10H,4-6,9,11H2,1-3H3,(H2,20,23)(H,21,22,24). The first-order chi connectivity index (χ1) is 14.0. The molecule has 2 aromatic rings. The van der Waals surface area contributed by atoms with Crippen molar-refractivity contribution in [3.05, 3.63) is 28.8 Å². The monoisotopic (exact) mass is 439 g/mol. The molecule has 1 aromatic heterocycles. The van der Waals surface area contributed by atoms with Crippen molar-refractivity contribution in [1.82, 2.24) is 4.98 Å². The van der Waals surface area contributed by atoms with Crippen molar-refractivity contribution in [2.45, 2.75) is 26.5 Å². The fourth-order valence-corrected chi connectivity index (χ4v) is 3.85. The molecule has 1 heterocycles. The molecule has 0 saturated carbocycles. The van der Waals surface area contributed by atoms with Crippen LogP contribution in [0.15, 0.2) is 17.5 Å². The van der Waals surface area contributed by atoms with Crippen molar-refractivity contribution in [3.63, 3.8) is 0 Å². The molecule has 1 aromatic carbocycles. The molecule has 0 unspecified atom stereocenters. The highest BCUT2D eigenvalue weighted by Gasteiger charge is 2.19. The predicted molar refractivity (Wildman–Crippen MR) is 115 cm³/mol. The number of carbonyl (C=O) groups excluding carboxylic acids is 2. The second-order valence-corrected chi connectivity index (χ2v) is 7.50. The normalized spacial score (nSPS) is 10.4. The minimum absolute atomic E-state index is 0.228. The number of thioether (sulfide) groups is 1. The van der Waals surface area contributed by atoms with Crippen LogP contribution in [0.5, 0.6) is 17.2 Å². The van der Waals surface area contributed by atoms with E-state index in [0.717, 1.165) is 5.69 Å². The number of primary amides is 1. The van der Waals surface area contributed by atoms with Crippen molar-refractivity contribution in [3.8, 4) is 17.2 Å². The Kier molecular flexibility index (Phi) is 9.07. The first-order valence-corrected chi connectivity index (χ1v) is 11.2. The molecule has 0 aliphatic rings. The van der Waals surface area contributed by atoms with Gasteiger partial charge >= 0.3 is 0 Å². The summed E-state index contributed by atoms with van der Waals surface area (Å²) in [5.74, 6) is 1.45. The zero-order valence-electron chi connectivity index (χ0n) is 16.6. The van der Waals surface area contributed by atoms with Gasteiger partial charge in [-0.3, -0.25) is 14.9 Å². The van der Waals surface area contributed by atoms with E-state index in [1.807, 2.05) is 26.2 Å². The van der Waals surface area contributed by atoms with Crippen LogP contribution in [0.1, 0.15) is 36.8 Å². The lowest BCUT2D eigenvalue weighted by Gasteiger charge is -2.16. The fraction of sp³-hybridized carbons (Fsp3) is 0.421. The van der Waals surface area contributed by atoms with Crippen LogP contribution >= 0.6 is 23.1 Å². The number of carbonyl (C=O) groups is 2. The van der Waals surface area contributed by atoms with E-state index in [1.165, 1.54) is 23.1 Å². The largest absolute Gasteiger partial charge is 0.490 e. The minimum atomic E-state index is -0.371. The van der Waals surface area contributed by atoms with E-state index in [1.54, 1.807) is 12.1 Å². The maximum Gasteiger partial charge on any atom is 0.257 e. The van der Waals surface area contributed by atoms with E-state index in [2.05, 4.69) is 10.3 Å². The van der Waals surface area contributed by atoms with Crippen molar-refractivity contribution in [2.75, 3.05) is 30.9 Å². The number of nitrogens with zero attached hydrogens (tertiary/aromatic N) is 1. The van der Waals surface area contributed by atoms with Crippen molar-refractivity contribution in [2.24, 2.45) is 5.73 Å². The molecule has 2 amide bonds. The van der Waals surface area contributed by atoms with Gasteiger partial charge in [0.2, 0.25) is 11.7 Å². The van der Waals surface area contributed by atoms with Crippen LogP contribution in [-0.4, -0.2) is 42.4 Å². The SMILES string of the molecule is CCOc1cc(C(=O)Nc2nc(CSCC(N)=O)cs2)cc(OCC)c1OCC. The van der Waals surface area contributed by atoms with E-state index >= 15 is 0 Å². The zero-order valence-corrected chi connectivity index (χ0v) is 18.3. The Balaban J connectivity index is 2.17. The number of benzene rings is 1. The molecular formula is C19H25N3O5S2. The van der Waals surface area contributed by atoms with Crippen LogP contribution < -0.4 is 25.3 Å². The Morgan fingerprint density at radius 3 is 2.28 bits per heavy atom. The summed E-state index contributed by atoms with van der Waals surface area (Å²) in [4.78, 5) is 27.9. The average molecular weight is 440 g/mol. The predicted octanol–water partition coefficient (Wildman–Crippen LogP) is 3.31. The lowest BCUT2D eigenvalue weighted by atomic mass is 10.1. The summed E-state index contributed by atoms with van der Waals surface area (Å²) in [6.07, 6.45) is 0. The molecule has 0 fully saturated rings. The molecule has 0 saturated heterocycles. The van der Waals surface area contributed by atoms with E-state index in [9.17, 15) is 9.59 Å². The number of aromatic nitrogens is 1. The second kappa shape index (κ2) is 11.5. The Hall–Kier alpha value is -2.46. The number of ether oxygens (including phenoxy) is 3. The zero-order chi connectivity index (χ0) is 21.2. The lowest BCUT2D eigenvalue weighted by Crippen LogP contribution is -2.13. The first kappa shape index (κ1) is 22.8. The van der Waals surface area contributed by atoms with Gasteiger partial charge in [-0.15, -0.1) is 23.1 Å². The second-order valence-electron chi connectivity index (χ2n) is 5.66. The number of nitrogens with two attached hydrogens (primary N) is 1. The molecule has 3 N–H and O–H groups in total. The van der Waals surface area contributed by atoms with Crippen LogP contribution in [0.2, 0.25) is 0 Å². The topological polar surface area (TPSA) is 113 Å². The third-order valence-corrected chi connectivity index (χ3v) is 5.23. The van der Waals surface area contributed by atoms with Gasteiger partial charge < -0.3 is 19.9 Å². The maximum atomic E-state index is 12.7. The Bertz CT molecular complexity index is 814. The van der Waals surface area contributed by atoms with E-state index in [-0.39, 0.29) is 17.6 Å². The molecular weight excluding hydrogens is 414 g/mol. The van der Waals surface area contributed by atoms with Crippen LogP contribution in [0, 0.1) is 0 Å². The Morgan fingerprint density at radius 2 is 1.72 bits per heavy atom. The number of thiazole rings is 1. The van der Waals surface area contributed by atoms with Crippen LogP contribution in [0.25, 0.3) is 0 Å². The van der Waals surface area contributed by atoms with Gasteiger partial charge in [-0.25, -0.2) is 4.98 Å². The lowest BCUT2D eigenvalue weighted by molar-refractivity contribution is -0.115. The molecule has 10 heteroatoms. The summed E-state index contributed by atoms with van der Waals surface area (Å²) in [6, 6.07) is 3.26. The molecule has 0 spiro atoms. The van der Waals surface area contributed by atoms with Crippen molar-refractivity contribution >= 4 is 40.0 Å². The van der Waals surface area contributed by atoms with Crippen LogP contribution in [0.4, 0.5) is 5.13 Å². The molecule has 0 aliphatic heterocycles. The molecule has 2 rings (SSSR count). The van der Waals surface area contributed by atoms with Gasteiger partial charge in [-0.05, 0) is 32.9 Å². The molecule has 0 atom stereocenters. The fourth-order valence-electron chi connectivity index (χ4n) is 2.38. The highest BCUT2D eigenvalue weighted by molar-refractivity contribution is 7.99. The molecule has 29 heavy (non-hydrogen) atoms. The molecule has 0 radical (unpaired) electrons. The van der Waals surface area contributed by atoms with Crippen molar-refractivity contribution < 1.29 is 23.8 Å².